The van der Waals surface area contributed by atoms with Gasteiger partial charge in [-0.15, -0.1) is 0 Å². The van der Waals surface area contributed by atoms with Crippen LogP contribution in [-0.2, 0) is 14.8 Å². The summed E-state index contributed by atoms with van der Waals surface area (Å²) in [5.41, 5.74) is -1.28. The number of rotatable bonds is 0. The molecule has 4 bridgehead atoms. The summed E-state index contributed by atoms with van der Waals surface area (Å²) in [4.78, 5) is 11.5. The Labute approximate surface area is 190 Å². The van der Waals surface area contributed by atoms with E-state index in [-0.39, 0.29) is 35.7 Å². The molecular formula is C21H13ClF3NO6S. The first-order valence-electron chi connectivity index (χ1n) is 9.21. The molecule has 0 unspecified atom stereocenters. The van der Waals surface area contributed by atoms with Crippen molar-refractivity contribution in [3.8, 4) is 22.6 Å². The van der Waals surface area contributed by atoms with E-state index in [1.54, 1.807) is 0 Å². The molecule has 2 N–H and O–H groups in total. The van der Waals surface area contributed by atoms with Crippen molar-refractivity contribution in [2.45, 2.75) is 4.90 Å². The van der Waals surface area contributed by atoms with E-state index in [2.05, 4.69) is 0 Å². The van der Waals surface area contributed by atoms with Crippen molar-refractivity contribution in [2.75, 3.05) is 17.9 Å². The molecule has 172 valence electrons. The molecule has 12 heteroatoms. The van der Waals surface area contributed by atoms with Crippen LogP contribution in [0.25, 0.3) is 11.1 Å². The molecule has 3 aromatic carbocycles. The number of carbonyl (C=O) groups is 1. The lowest BCUT2D eigenvalue weighted by Gasteiger charge is -2.15. The number of hydrogen-bond donors (Lipinski definition) is 2. The fraction of sp³-hybridized carbons (Fsp3) is 0.0952. The molecular weight excluding hydrogens is 487 g/mol. The van der Waals surface area contributed by atoms with Crippen LogP contribution in [0.15, 0.2) is 47.4 Å². The quantitative estimate of drug-likeness (QED) is 0.442. The number of benzene rings is 3. The zero-order valence-corrected chi connectivity index (χ0v) is 17.9. The third-order valence-corrected chi connectivity index (χ3v) is 6.32. The monoisotopic (exact) mass is 499 g/mol. The molecule has 33 heavy (non-hydrogen) atoms. The number of phenolic OH excluding ortho intramolecular Hbond substituents is 1. The Morgan fingerprint density at radius 1 is 0.970 bits per heavy atom. The molecule has 4 rings (SSSR count). The molecule has 1 aliphatic rings. The van der Waals surface area contributed by atoms with E-state index in [0.717, 1.165) is 36.4 Å². The van der Waals surface area contributed by atoms with Gasteiger partial charge in [0.15, 0.2) is 17.4 Å². The van der Waals surface area contributed by atoms with Crippen molar-refractivity contribution in [3.05, 3.63) is 70.5 Å². The number of hydrogen-bond acceptors (Lipinski definition) is 6. The second kappa shape index (κ2) is 8.49. The van der Waals surface area contributed by atoms with Crippen LogP contribution < -0.4 is 9.46 Å². The van der Waals surface area contributed by atoms with Gasteiger partial charge in [0.2, 0.25) is 0 Å². The highest BCUT2D eigenvalue weighted by molar-refractivity contribution is 7.92. The largest absolute Gasteiger partial charge is 0.505 e. The Kier molecular flexibility index (Phi) is 5.85. The van der Waals surface area contributed by atoms with E-state index in [9.17, 15) is 31.5 Å². The molecule has 0 saturated carbocycles. The second-order valence-electron chi connectivity index (χ2n) is 6.85. The number of halogens is 4. The maximum atomic E-state index is 14.5. The van der Waals surface area contributed by atoms with E-state index in [4.69, 9.17) is 21.1 Å². The maximum Gasteiger partial charge on any atom is 0.338 e. The molecule has 1 aliphatic heterocycles. The van der Waals surface area contributed by atoms with Crippen molar-refractivity contribution < 1.29 is 41.0 Å². The molecule has 1 heterocycles. The van der Waals surface area contributed by atoms with Gasteiger partial charge in [-0.1, -0.05) is 11.6 Å². The van der Waals surface area contributed by atoms with Gasteiger partial charge in [-0.2, -0.15) is 0 Å². The Bertz CT molecular complexity index is 1400. The second-order valence-corrected chi connectivity index (χ2v) is 8.91. The topological polar surface area (TPSA) is 102 Å². The number of nitrogens with one attached hydrogen (secondary N) is 1. The van der Waals surface area contributed by atoms with Crippen molar-refractivity contribution in [3.63, 3.8) is 0 Å². The first-order chi connectivity index (χ1) is 15.6. The minimum atomic E-state index is -4.78. The lowest BCUT2D eigenvalue weighted by molar-refractivity contribution is 0.0450. The molecule has 0 saturated heterocycles. The molecule has 0 fully saturated rings. The highest BCUT2D eigenvalue weighted by Gasteiger charge is 2.27. The van der Waals surface area contributed by atoms with Gasteiger partial charge < -0.3 is 14.6 Å². The lowest BCUT2D eigenvalue weighted by atomic mass is 10.0. The van der Waals surface area contributed by atoms with Crippen LogP contribution in [0.5, 0.6) is 11.5 Å². The van der Waals surface area contributed by atoms with E-state index in [1.807, 2.05) is 4.72 Å². The molecule has 0 aromatic heterocycles. The third kappa shape index (κ3) is 4.41. The first kappa shape index (κ1) is 22.7. The minimum Gasteiger partial charge on any atom is -0.505 e. The average Bonchev–Trinajstić information content (AvgIpc) is 2.75. The average molecular weight is 500 g/mol. The van der Waals surface area contributed by atoms with Crippen LogP contribution in [0.3, 0.4) is 0 Å². The summed E-state index contributed by atoms with van der Waals surface area (Å²) in [6.07, 6.45) is 0. The van der Waals surface area contributed by atoms with Crippen molar-refractivity contribution in [2.24, 2.45) is 0 Å². The summed E-state index contributed by atoms with van der Waals surface area (Å²) in [6.45, 7) is -0.492. The van der Waals surface area contributed by atoms with Crippen molar-refractivity contribution in [1.82, 2.24) is 0 Å². The number of cyclic esters (lactones) is 1. The number of aromatic hydroxyl groups is 1. The van der Waals surface area contributed by atoms with E-state index >= 15 is 0 Å². The first-order valence-corrected chi connectivity index (χ1v) is 11.1. The van der Waals surface area contributed by atoms with Crippen LogP contribution in [0.4, 0.5) is 18.9 Å². The van der Waals surface area contributed by atoms with Gasteiger partial charge in [0.25, 0.3) is 10.0 Å². The normalized spacial score (nSPS) is 15.2. The van der Waals surface area contributed by atoms with Crippen LogP contribution >= 0.6 is 11.6 Å². The highest BCUT2D eigenvalue weighted by atomic mass is 35.5. The Morgan fingerprint density at radius 3 is 2.45 bits per heavy atom. The van der Waals surface area contributed by atoms with Crippen LogP contribution in [0, 0.1) is 17.5 Å². The van der Waals surface area contributed by atoms with Crippen LogP contribution in [-0.4, -0.2) is 32.7 Å². The Balaban J connectivity index is 1.95. The summed E-state index contributed by atoms with van der Waals surface area (Å²) >= 11 is 5.86. The minimum absolute atomic E-state index is 0.0120. The van der Waals surface area contributed by atoms with Crippen molar-refractivity contribution in [1.29, 1.82) is 0 Å². The lowest BCUT2D eigenvalue weighted by Crippen LogP contribution is -2.16. The van der Waals surface area contributed by atoms with Crippen molar-refractivity contribution >= 4 is 33.3 Å². The Hall–Kier alpha value is -3.44. The third-order valence-electron chi connectivity index (χ3n) is 4.65. The zero-order chi connectivity index (χ0) is 23.9. The smallest absolute Gasteiger partial charge is 0.338 e. The summed E-state index contributed by atoms with van der Waals surface area (Å²) in [7, 11) is -4.78. The molecule has 3 aromatic rings. The predicted octanol–water partition coefficient (Wildman–Crippen LogP) is 4.48. The highest BCUT2D eigenvalue weighted by Crippen LogP contribution is 2.37. The van der Waals surface area contributed by atoms with Gasteiger partial charge in [-0.3, -0.25) is 4.72 Å². The molecule has 0 radical (unpaired) electrons. The molecule has 0 atom stereocenters. The Morgan fingerprint density at radius 2 is 1.70 bits per heavy atom. The SMILES string of the molecule is O=C1OCCOc2ccc(F)cc2-c2cc(F)c(F)c(c2)NS(=O)(=O)c2cc1cc(Cl)c2O. The van der Waals surface area contributed by atoms with E-state index < -0.39 is 54.8 Å². The number of fused-ring (bicyclic) bond motifs is 6. The number of phenols is 1. The molecule has 0 aliphatic carbocycles. The number of ether oxygens (including phenoxy) is 2. The summed E-state index contributed by atoms with van der Waals surface area (Å²) in [5, 5.41) is 9.66. The van der Waals surface area contributed by atoms with Crippen LogP contribution in [0.1, 0.15) is 10.4 Å². The predicted molar refractivity (Wildman–Crippen MR) is 111 cm³/mol. The van der Waals surface area contributed by atoms with Gasteiger partial charge in [-0.25, -0.2) is 26.4 Å². The fourth-order valence-corrected chi connectivity index (χ4v) is 4.61. The summed E-state index contributed by atoms with van der Waals surface area (Å²) in [5.74, 6) is -5.56. The summed E-state index contributed by atoms with van der Waals surface area (Å²) in [6, 6.07) is 6.71. The van der Waals surface area contributed by atoms with Gasteiger partial charge in [0.05, 0.1) is 16.3 Å². The van der Waals surface area contributed by atoms with E-state index in [0.29, 0.717) is 0 Å². The number of esters is 1. The number of carbonyl (C=O) groups excluding carboxylic acids is 1. The molecule has 0 amide bonds. The molecule has 0 spiro atoms. The summed E-state index contributed by atoms with van der Waals surface area (Å²) < 4.78 is 80.9. The van der Waals surface area contributed by atoms with Gasteiger partial charge in [0, 0.05) is 5.56 Å². The fourth-order valence-electron chi connectivity index (χ4n) is 3.14. The zero-order valence-electron chi connectivity index (χ0n) is 16.4. The van der Waals surface area contributed by atoms with Gasteiger partial charge in [0.1, 0.15) is 29.7 Å². The van der Waals surface area contributed by atoms with E-state index in [1.165, 1.54) is 6.07 Å². The molecule has 7 nitrogen and oxygen atoms in total. The van der Waals surface area contributed by atoms with Gasteiger partial charge >= 0.3 is 5.97 Å². The van der Waals surface area contributed by atoms with Crippen LogP contribution in [0.2, 0.25) is 5.02 Å². The maximum absolute atomic E-state index is 14.5. The number of sulfonamides is 1. The van der Waals surface area contributed by atoms with Gasteiger partial charge in [-0.05, 0) is 48.0 Å². The number of anilines is 1. The standard InChI is InChI=1S/C21H13ClF3NO6S/c22-14-5-11-8-18(20(14)27)33(29,30)26-16-7-10(6-15(24)19(16)25)13-9-12(23)1-2-17(13)31-3-4-32-21(11)28/h1-2,5-9,26-27H,3-4H2.